The van der Waals surface area contributed by atoms with Crippen LogP contribution in [0.25, 0.3) is 131 Å². The lowest BCUT2D eigenvalue weighted by Gasteiger charge is -2.19. The SMILES string of the molecule is [2H]c1c(-c2cc(-c3c([2H])c([2H])c4c([2H])c([2H])c5c([2H])c([2H])c([2H])c6c([2H])c([2H])c3c4c56)ccc2-c2ccc3oc4cc5ccccc5cc4c3c2)c2cc([2H])c3c([2H])c([2H])c([2H])c4c([2H])c([2H])c(c1[2H])c2c34. The first-order chi connectivity index (χ1) is 34.3. The van der Waals surface area contributed by atoms with Crippen LogP contribution in [0, 0.1) is 0 Å². The summed E-state index contributed by atoms with van der Waals surface area (Å²) in [6.07, 6.45) is 0. The van der Waals surface area contributed by atoms with E-state index in [2.05, 4.69) is 0 Å². The van der Waals surface area contributed by atoms with Crippen LogP contribution in [0.3, 0.4) is 0 Å². The van der Waals surface area contributed by atoms with Crippen LogP contribution < -0.4 is 0 Å². The summed E-state index contributed by atoms with van der Waals surface area (Å²) >= 11 is 0. The first kappa shape index (κ1) is 17.7. The van der Waals surface area contributed by atoms with Gasteiger partial charge in [0.25, 0.3) is 0 Å². The molecule has 0 aliphatic heterocycles. The minimum atomic E-state index is -0.594. The molecule has 1 heterocycles. The zero-order chi connectivity index (χ0) is 50.6. The van der Waals surface area contributed by atoms with E-state index in [0.717, 1.165) is 21.5 Å². The third-order valence-electron chi connectivity index (χ3n) is 10.9. The van der Waals surface area contributed by atoms with Crippen molar-refractivity contribution in [2.45, 2.75) is 0 Å². The van der Waals surface area contributed by atoms with Crippen molar-refractivity contribution in [1.29, 1.82) is 0 Å². The van der Waals surface area contributed by atoms with Gasteiger partial charge in [-0.25, -0.2) is 0 Å². The van der Waals surface area contributed by atoms with E-state index in [1.807, 2.05) is 54.6 Å². The predicted molar refractivity (Wildman–Crippen MR) is 235 cm³/mol. The van der Waals surface area contributed by atoms with Crippen molar-refractivity contribution in [3.63, 3.8) is 0 Å². The highest BCUT2D eigenvalue weighted by Gasteiger charge is 2.19. The van der Waals surface area contributed by atoms with Gasteiger partial charge >= 0.3 is 0 Å². The van der Waals surface area contributed by atoms with Crippen molar-refractivity contribution in [3.05, 3.63) is 182 Å². The van der Waals surface area contributed by atoms with Crippen LogP contribution in [0.2, 0.25) is 0 Å². The van der Waals surface area contributed by atoms with E-state index >= 15 is 0 Å². The molecule has 0 aliphatic carbocycles. The number of hydrogen-bond acceptors (Lipinski definition) is 1. The largest absolute Gasteiger partial charge is 0.456 e. The highest BCUT2D eigenvalue weighted by atomic mass is 16.3. The van der Waals surface area contributed by atoms with Crippen LogP contribution >= 0.6 is 0 Å². The molecule has 252 valence electrons. The molecule has 1 heteroatoms. The average molecular weight is 712 g/mol. The van der Waals surface area contributed by atoms with Gasteiger partial charge in [-0.2, -0.15) is 0 Å². The number of fused-ring (bicyclic) bond motifs is 4. The van der Waals surface area contributed by atoms with E-state index in [0.29, 0.717) is 22.3 Å². The lowest BCUT2D eigenvalue weighted by Crippen LogP contribution is -1.92. The molecule has 0 fully saturated rings. The summed E-state index contributed by atoms with van der Waals surface area (Å²) < 4.78 is 162. The fraction of sp³-hybridized carbons (Fsp3) is 0. The minimum absolute atomic E-state index is 0.00646. The first-order valence-corrected chi connectivity index (χ1v) is 17.7. The maximum atomic E-state index is 9.82. The lowest BCUT2D eigenvalue weighted by atomic mass is 9.84. The minimum Gasteiger partial charge on any atom is -0.456 e. The van der Waals surface area contributed by atoms with Crippen LogP contribution in [-0.2, 0) is 0 Å². The van der Waals surface area contributed by atoms with E-state index < -0.39 is 96.7 Å². The van der Waals surface area contributed by atoms with Crippen molar-refractivity contribution >= 4 is 97.3 Å². The van der Waals surface area contributed by atoms with Gasteiger partial charge in [0.05, 0.1) is 23.3 Å². The Hall–Kier alpha value is -7.22. The number of furan rings is 1. The van der Waals surface area contributed by atoms with E-state index in [9.17, 15) is 11.0 Å². The van der Waals surface area contributed by atoms with Gasteiger partial charge in [0.2, 0.25) is 0 Å². The molecule has 0 bridgehead atoms. The second-order valence-electron chi connectivity index (χ2n) is 13.8. The third-order valence-corrected chi connectivity index (χ3v) is 10.9. The summed E-state index contributed by atoms with van der Waals surface area (Å²) in [7, 11) is 0. The fourth-order valence-corrected chi connectivity index (χ4v) is 8.42. The molecule has 0 spiro atoms. The van der Waals surface area contributed by atoms with Crippen molar-refractivity contribution < 1.29 is 27.7 Å². The van der Waals surface area contributed by atoms with Gasteiger partial charge in [0.1, 0.15) is 11.2 Å². The predicted octanol–water partition coefficient (Wildman–Crippen LogP) is 15.5. The molecule has 0 aliphatic rings. The van der Waals surface area contributed by atoms with Gasteiger partial charge in [0.15, 0.2) is 0 Å². The first-order valence-electron chi connectivity index (χ1n) is 26.2. The van der Waals surface area contributed by atoms with Crippen LogP contribution in [0.1, 0.15) is 23.3 Å². The molecule has 0 atom stereocenters. The van der Waals surface area contributed by atoms with Crippen LogP contribution in [0.5, 0.6) is 0 Å². The van der Waals surface area contributed by atoms with Gasteiger partial charge in [-0.3, -0.25) is 0 Å². The molecule has 0 saturated heterocycles. The molecule has 0 unspecified atom stereocenters. The van der Waals surface area contributed by atoms with Crippen molar-refractivity contribution in [2.24, 2.45) is 0 Å². The Bertz CT molecular complexity index is 4690. The standard InChI is InChI=1S/C54H30O/c1-2-6-38-30-50-48(27-37(38)5-1)47-29-40(20-26-49(47)55-50)42-22-19-39(41-21-15-35-13-11-31-7-3-9-33-17-24-44(41)53(35)51(31)33)28-46(42)43-23-16-36-14-12-32-8-4-10-34-18-25-45(43)54(36)52(32)34/h1-30H/i3D,4D,7D,8D,9D,10D,11D,12D,13D,14D,15D,16D,17D,18D,21D,23D,24D. The normalized spacial score (nSPS) is 16.7. The van der Waals surface area contributed by atoms with Gasteiger partial charge in [0, 0.05) is 10.8 Å². The number of hydrogen-bond donors (Lipinski definition) is 0. The molecule has 12 aromatic carbocycles. The van der Waals surface area contributed by atoms with Crippen LogP contribution in [0.4, 0.5) is 0 Å². The molecule has 1 aromatic heterocycles. The Balaban J connectivity index is 1.21. The van der Waals surface area contributed by atoms with Crippen molar-refractivity contribution in [1.82, 2.24) is 0 Å². The summed E-state index contributed by atoms with van der Waals surface area (Å²) in [6.45, 7) is 0. The van der Waals surface area contributed by atoms with Gasteiger partial charge in [-0.15, -0.1) is 0 Å². The van der Waals surface area contributed by atoms with Crippen LogP contribution in [0.15, 0.2) is 186 Å². The third kappa shape index (κ3) is 4.07. The van der Waals surface area contributed by atoms with Crippen molar-refractivity contribution in [3.8, 4) is 33.4 Å². The maximum absolute atomic E-state index is 9.82. The summed E-state index contributed by atoms with van der Waals surface area (Å²) in [6, 6.07) is 15.5. The topological polar surface area (TPSA) is 13.1 Å². The zero-order valence-electron chi connectivity index (χ0n) is 45.4. The van der Waals surface area contributed by atoms with E-state index in [1.165, 1.54) is 6.07 Å². The Morgan fingerprint density at radius 1 is 0.309 bits per heavy atom. The summed E-state index contributed by atoms with van der Waals surface area (Å²) in [5.41, 5.74) is 2.69. The molecular formula is C54H30O. The second kappa shape index (κ2) is 10.7. The molecule has 1 nitrogen and oxygen atoms in total. The van der Waals surface area contributed by atoms with Crippen LogP contribution in [-0.4, -0.2) is 0 Å². The quantitative estimate of drug-likeness (QED) is 0.166. The average Bonchev–Trinajstić information content (AvgIpc) is 3.72. The highest BCUT2D eigenvalue weighted by molar-refractivity contribution is 6.27. The fourth-order valence-electron chi connectivity index (χ4n) is 8.42. The molecule has 0 amide bonds. The summed E-state index contributed by atoms with van der Waals surface area (Å²) in [4.78, 5) is 0. The Labute approximate surface area is 339 Å². The lowest BCUT2D eigenvalue weighted by molar-refractivity contribution is 0.669. The monoisotopic (exact) mass is 711 g/mol. The highest BCUT2D eigenvalue weighted by Crippen LogP contribution is 2.46. The van der Waals surface area contributed by atoms with E-state index in [-0.39, 0.29) is 92.9 Å². The van der Waals surface area contributed by atoms with Gasteiger partial charge in [-0.05, 0) is 139 Å². The van der Waals surface area contributed by atoms with Gasteiger partial charge in [-0.1, -0.05) is 151 Å². The molecule has 0 saturated carbocycles. The number of rotatable bonds is 3. The Morgan fingerprint density at radius 2 is 0.873 bits per heavy atom. The molecule has 0 N–H and O–H groups in total. The second-order valence-corrected chi connectivity index (χ2v) is 13.8. The summed E-state index contributed by atoms with van der Waals surface area (Å²) in [5.74, 6) is 0. The van der Waals surface area contributed by atoms with Gasteiger partial charge < -0.3 is 4.42 Å². The molecule has 13 rings (SSSR count). The summed E-state index contributed by atoms with van der Waals surface area (Å²) in [5, 5.41) is 2.86. The van der Waals surface area contributed by atoms with Crippen molar-refractivity contribution in [2.75, 3.05) is 0 Å². The smallest absolute Gasteiger partial charge is 0.136 e. The number of benzene rings is 12. The Kier molecular flexibility index (Phi) is 3.45. The molecule has 13 aromatic rings. The Morgan fingerprint density at radius 3 is 1.62 bits per heavy atom. The maximum Gasteiger partial charge on any atom is 0.136 e. The molecule has 55 heavy (non-hydrogen) atoms. The van der Waals surface area contributed by atoms with E-state index in [4.69, 9.17) is 16.8 Å². The van der Waals surface area contributed by atoms with E-state index in [1.54, 1.807) is 18.2 Å². The molecular weight excluding hydrogens is 665 g/mol. The molecule has 0 radical (unpaired) electrons. The zero-order valence-corrected chi connectivity index (χ0v) is 28.4.